The lowest BCUT2D eigenvalue weighted by Gasteiger charge is -2.10. The number of H-pyrrole nitrogens is 1. The number of hydrazine groups is 1. The zero-order chi connectivity index (χ0) is 19.7. The van der Waals surface area contributed by atoms with Crippen molar-refractivity contribution in [2.75, 3.05) is 0 Å². The minimum Gasteiger partial charge on any atom is -0.466 e. The van der Waals surface area contributed by atoms with Gasteiger partial charge in [-0.25, -0.2) is 0 Å². The van der Waals surface area contributed by atoms with Crippen LogP contribution in [-0.4, -0.2) is 21.4 Å². The van der Waals surface area contributed by atoms with E-state index in [9.17, 15) is 19.2 Å². The third-order valence-corrected chi connectivity index (χ3v) is 4.13. The maximum atomic E-state index is 12.3. The number of hydrogen-bond acceptors (Lipinski definition) is 5. The molecular weight excluding hydrogens is 352 g/mol. The lowest BCUT2D eigenvalue weighted by atomic mass is 10.2. The van der Waals surface area contributed by atoms with E-state index in [2.05, 4.69) is 15.8 Å². The molecule has 0 unspecified atom stereocenters. The van der Waals surface area contributed by atoms with Gasteiger partial charge in [-0.2, -0.15) is 0 Å². The summed E-state index contributed by atoms with van der Waals surface area (Å²) in [6.45, 7) is 5.44. The second kappa shape index (κ2) is 6.94. The van der Waals surface area contributed by atoms with E-state index < -0.39 is 22.9 Å². The fourth-order valence-electron chi connectivity index (χ4n) is 2.84. The zero-order valence-corrected chi connectivity index (χ0v) is 15.0. The van der Waals surface area contributed by atoms with Gasteiger partial charge >= 0.3 is 11.1 Å². The maximum Gasteiger partial charge on any atom is 0.316 e. The lowest BCUT2D eigenvalue weighted by Crippen LogP contribution is -2.41. The number of amides is 2. The summed E-state index contributed by atoms with van der Waals surface area (Å²) >= 11 is 0. The Balaban J connectivity index is 1.83. The second-order valence-corrected chi connectivity index (χ2v) is 5.97. The largest absolute Gasteiger partial charge is 0.466 e. The normalized spacial score (nSPS) is 10.8. The van der Waals surface area contributed by atoms with Gasteiger partial charge in [-0.3, -0.25) is 30.0 Å². The first-order valence-corrected chi connectivity index (χ1v) is 8.26. The topological polar surface area (TPSA) is 126 Å². The molecule has 0 bridgehead atoms. The Kier molecular flexibility index (Phi) is 4.68. The Hall–Kier alpha value is -3.62. The summed E-state index contributed by atoms with van der Waals surface area (Å²) in [5.41, 5.74) is 4.60. The van der Waals surface area contributed by atoms with Crippen LogP contribution in [0.4, 0.5) is 0 Å². The third-order valence-electron chi connectivity index (χ3n) is 4.13. The summed E-state index contributed by atoms with van der Waals surface area (Å²) in [6.07, 6.45) is 0. The highest BCUT2D eigenvalue weighted by atomic mass is 16.3. The molecule has 2 amide bonds. The number of fused-ring (bicyclic) bond motifs is 1. The molecule has 0 aliphatic rings. The monoisotopic (exact) mass is 370 g/mol. The average molecular weight is 370 g/mol. The standard InChI is InChI=1S/C18H18N4O5/c1-4-22-14-6-5-11(8-13(14)19-17(25)18(22)26)15(23)20-21-16(24)12-7-9(2)27-10(12)3/h5-8H,4H2,1-3H3,(H,19,25)(H,20,23)(H,21,24). The first-order chi connectivity index (χ1) is 12.8. The van der Waals surface area contributed by atoms with Crippen LogP contribution in [0.3, 0.4) is 0 Å². The Morgan fingerprint density at radius 2 is 1.81 bits per heavy atom. The molecule has 0 spiro atoms. The molecule has 2 aromatic heterocycles. The molecule has 9 nitrogen and oxygen atoms in total. The van der Waals surface area contributed by atoms with Crippen molar-refractivity contribution in [3.05, 3.63) is 67.6 Å². The van der Waals surface area contributed by atoms with E-state index >= 15 is 0 Å². The predicted octanol–water partition coefficient (Wildman–Crippen LogP) is 0.994. The minimum absolute atomic E-state index is 0.208. The molecule has 3 rings (SSSR count). The van der Waals surface area contributed by atoms with E-state index in [0.29, 0.717) is 34.7 Å². The molecule has 0 atom stereocenters. The van der Waals surface area contributed by atoms with Crippen LogP contribution in [-0.2, 0) is 6.54 Å². The number of carbonyl (C=O) groups is 2. The van der Waals surface area contributed by atoms with Crippen LogP contribution in [0.2, 0.25) is 0 Å². The van der Waals surface area contributed by atoms with E-state index in [4.69, 9.17) is 4.42 Å². The second-order valence-electron chi connectivity index (χ2n) is 5.97. The van der Waals surface area contributed by atoms with Gasteiger partial charge in [-0.15, -0.1) is 0 Å². The van der Waals surface area contributed by atoms with Crippen molar-refractivity contribution in [3.63, 3.8) is 0 Å². The maximum absolute atomic E-state index is 12.3. The SMILES string of the molecule is CCn1c(=O)c(=O)[nH]c2cc(C(=O)NNC(=O)c3cc(C)oc3C)ccc21. The Labute approximate surface area is 153 Å². The van der Waals surface area contributed by atoms with Crippen molar-refractivity contribution in [2.24, 2.45) is 0 Å². The quantitative estimate of drug-likeness (QED) is 0.468. The van der Waals surface area contributed by atoms with E-state index in [1.54, 1.807) is 32.9 Å². The van der Waals surface area contributed by atoms with E-state index in [0.717, 1.165) is 0 Å². The van der Waals surface area contributed by atoms with Gasteiger partial charge in [0.15, 0.2) is 0 Å². The molecule has 140 valence electrons. The number of aromatic amines is 1. The smallest absolute Gasteiger partial charge is 0.316 e. The third kappa shape index (κ3) is 3.39. The van der Waals surface area contributed by atoms with Gasteiger partial charge in [0.1, 0.15) is 11.5 Å². The predicted molar refractivity (Wildman–Crippen MR) is 97.6 cm³/mol. The van der Waals surface area contributed by atoms with Gasteiger partial charge in [-0.05, 0) is 45.0 Å². The zero-order valence-electron chi connectivity index (χ0n) is 15.0. The number of nitrogens with one attached hydrogen (secondary N) is 3. The number of nitrogens with zero attached hydrogens (tertiary/aromatic N) is 1. The van der Waals surface area contributed by atoms with Crippen molar-refractivity contribution < 1.29 is 14.0 Å². The minimum atomic E-state index is -0.763. The van der Waals surface area contributed by atoms with Crippen molar-refractivity contribution in [2.45, 2.75) is 27.3 Å². The molecule has 0 aliphatic carbocycles. The van der Waals surface area contributed by atoms with E-state index in [1.807, 2.05) is 0 Å². The fraction of sp³-hybridized carbons (Fsp3) is 0.222. The molecule has 0 saturated heterocycles. The number of carbonyl (C=O) groups excluding carboxylic acids is 2. The van der Waals surface area contributed by atoms with Crippen LogP contribution in [0.5, 0.6) is 0 Å². The summed E-state index contributed by atoms with van der Waals surface area (Å²) < 4.78 is 6.60. The summed E-state index contributed by atoms with van der Waals surface area (Å²) in [4.78, 5) is 50.5. The number of benzene rings is 1. The highest BCUT2D eigenvalue weighted by molar-refractivity contribution is 6.00. The number of furan rings is 1. The molecular formula is C18H18N4O5. The van der Waals surface area contributed by atoms with Gasteiger partial charge in [-0.1, -0.05) is 0 Å². The van der Waals surface area contributed by atoms with Crippen LogP contribution < -0.4 is 22.0 Å². The average Bonchev–Trinajstić information content (AvgIpc) is 2.98. The van der Waals surface area contributed by atoms with E-state index in [1.165, 1.54) is 16.7 Å². The van der Waals surface area contributed by atoms with E-state index in [-0.39, 0.29) is 5.56 Å². The molecule has 3 N–H and O–H groups in total. The number of aromatic nitrogens is 2. The van der Waals surface area contributed by atoms with Gasteiger partial charge < -0.3 is 14.0 Å². The molecule has 9 heteroatoms. The van der Waals surface area contributed by atoms with Gasteiger partial charge in [0.25, 0.3) is 11.8 Å². The van der Waals surface area contributed by atoms with Gasteiger partial charge in [0.2, 0.25) is 0 Å². The highest BCUT2D eigenvalue weighted by Crippen LogP contribution is 2.13. The summed E-state index contributed by atoms with van der Waals surface area (Å²) in [5.74, 6) is -0.0468. The first kappa shape index (κ1) is 18.2. The summed E-state index contributed by atoms with van der Waals surface area (Å²) in [5, 5.41) is 0. The summed E-state index contributed by atoms with van der Waals surface area (Å²) in [7, 11) is 0. The van der Waals surface area contributed by atoms with Gasteiger partial charge in [0.05, 0.1) is 16.6 Å². The molecule has 0 fully saturated rings. The van der Waals surface area contributed by atoms with Crippen LogP contribution in [0.25, 0.3) is 11.0 Å². The Morgan fingerprint density at radius 3 is 2.44 bits per heavy atom. The molecule has 0 saturated carbocycles. The molecule has 2 heterocycles. The van der Waals surface area contributed by atoms with Crippen molar-refractivity contribution in [3.8, 4) is 0 Å². The Morgan fingerprint density at radius 1 is 1.11 bits per heavy atom. The van der Waals surface area contributed by atoms with Crippen LogP contribution >= 0.6 is 0 Å². The number of rotatable bonds is 3. The van der Waals surface area contributed by atoms with Crippen LogP contribution in [0.1, 0.15) is 39.2 Å². The number of hydrogen-bond donors (Lipinski definition) is 3. The molecule has 0 radical (unpaired) electrons. The van der Waals surface area contributed by atoms with Crippen LogP contribution in [0.15, 0.2) is 38.3 Å². The van der Waals surface area contributed by atoms with Crippen molar-refractivity contribution in [1.29, 1.82) is 0 Å². The fourth-order valence-corrected chi connectivity index (χ4v) is 2.84. The summed E-state index contributed by atoms with van der Waals surface area (Å²) in [6, 6.07) is 6.08. The first-order valence-electron chi connectivity index (χ1n) is 8.26. The highest BCUT2D eigenvalue weighted by Gasteiger charge is 2.15. The van der Waals surface area contributed by atoms with Crippen molar-refractivity contribution in [1.82, 2.24) is 20.4 Å². The number of aryl methyl sites for hydroxylation is 3. The lowest BCUT2D eigenvalue weighted by molar-refractivity contribution is 0.0846. The molecule has 0 aliphatic heterocycles. The molecule has 1 aromatic carbocycles. The Bertz CT molecular complexity index is 1170. The molecule has 27 heavy (non-hydrogen) atoms. The van der Waals surface area contributed by atoms with Gasteiger partial charge in [0, 0.05) is 12.1 Å². The van der Waals surface area contributed by atoms with Crippen molar-refractivity contribution >= 4 is 22.8 Å². The van der Waals surface area contributed by atoms with Crippen LogP contribution in [0, 0.1) is 13.8 Å². The molecule has 3 aromatic rings.